The van der Waals surface area contributed by atoms with Crippen LogP contribution in [0.25, 0.3) is 0 Å². The Hall–Kier alpha value is -1.63. The van der Waals surface area contributed by atoms with Gasteiger partial charge in [0.25, 0.3) is 0 Å². The summed E-state index contributed by atoms with van der Waals surface area (Å²) in [5.74, 6) is -0.188. The number of thiazole rings is 1. The molecular weight excluding hydrogens is 254 g/mol. The fourth-order valence-electron chi connectivity index (χ4n) is 1.93. The molecule has 6 nitrogen and oxygen atoms in total. The molecule has 98 valence electrons. The lowest BCUT2D eigenvalue weighted by atomic mass is 10.2. The molecule has 0 saturated carbocycles. The molecule has 2 N–H and O–H groups in total. The zero-order valence-corrected chi connectivity index (χ0v) is 10.9. The van der Waals surface area contributed by atoms with E-state index in [0.717, 1.165) is 11.3 Å². The topological polar surface area (TPSA) is 82.3 Å². The van der Waals surface area contributed by atoms with Gasteiger partial charge in [-0.05, 0) is 6.42 Å². The van der Waals surface area contributed by atoms with E-state index in [9.17, 15) is 14.4 Å². The third-order valence-corrected chi connectivity index (χ3v) is 3.61. The zero-order chi connectivity index (χ0) is 13.1. The van der Waals surface area contributed by atoms with E-state index < -0.39 is 6.04 Å². The molecule has 18 heavy (non-hydrogen) atoms. The van der Waals surface area contributed by atoms with Crippen molar-refractivity contribution in [1.29, 1.82) is 0 Å². The molecule has 0 radical (unpaired) electrons. The van der Waals surface area contributed by atoms with Crippen LogP contribution >= 0.6 is 11.3 Å². The first-order chi connectivity index (χ1) is 8.60. The predicted molar refractivity (Wildman–Crippen MR) is 67.2 cm³/mol. The summed E-state index contributed by atoms with van der Waals surface area (Å²) in [5, 5.41) is 4.40. The van der Waals surface area contributed by atoms with Crippen LogP contribution in [0.15, 0.2) is 10.2 Å². The zero-order valence-electron chi connectivity index (χ0n) is 10.1. The second-order valence-electron chi connectivity index (χ2n) is 4.21. The number of hydrogen-bond donors (Lipinski definition) is 2. The van der Waals surface area contributed by atoms with Gasteiger partial charge in [0.15, 0.2) is 0 Å². The van der Waals surface area contributed by atoms with Gasteiger partial charge in [0.05, 0.1) is 6.54 Å². The summed E-state index contributed by atoms with van der Waals surface area (Å²) in [6.07, 6.45) is 0.873. The van der Waals surface area contributed by atoms with Crippen LogP contribution in [0.4, 0.5) is 0 Å². The van der Waals surface area contributed by atoms with Crippen LogP contribution in [0.5, 0.6) is 0 Å². The summed E-state index contributed by atoms with van der Waals surface area (Å²) in [5.41, 5.74) is 0.711. The van der Waals surface area contributed by atoms with E-state index >= 15 is 0 Å². The van der Waals surface area contributed by atoms with Gasteiger partial charge < -0.3 is 15.2 Å². The van der Waals surface area contributed by atoms with E-state index in [1.54, 1.807) is 10.3 Å². The lowest BCUT2D eigenvalue weighted by molar-refractivity contribution is -0.134. The summed E-state index contributed by atoms with van der Waals surface area (Å²) in [4.78, 5) is 38.8. The average Bonchev–Trinajstić information content (AvgIpc) is 2.70. The minimum Gasteiger partial charge on any atom is -0.344 e. The molecule has 1 saturated heterocycles. The van der Waals surface area contributed by atoms with E-state index in [1.807, 2.05) is 6.92 Å². The van der Waals surface area contributed by atoms with Gasteiger partial charge in [0.2, 0.25) is 11.8 Å². The number of aromatic amines is 1. The van der Waals surface area contributed by atoms with Crippen LogP contribution in [-0.2, 0) is 16.1 Å². The van der Waals surface area contributed by atoms with Crippen molar-refractivity contribution in [1.82, 2.24) is 15.2 Å². The Morgan fingerprint density at radius 3 is 2.83 bits per heavy atom. The summed E-state index contributed by atoms with van der Waals surface area (Å²) < 4.78 is 0. The third-order valence-electron chi connectivity index (χ3n) is 2.89. The Bertz CT molecular complexity index is 508. The fraction of sp³-hybridized carbons (Fsp3) is 0.545. The number of nitrogens with zero attached hydrogens (tertiary/aromatic N) is 1. The maximum atomic E-state index is 12.2. The highest BCUT2D eigenvalue weighted by molar-refractivity contribution is 7.07. The maximum Gasteiger partial charge on any atom is 0.304 e. The SMILES string of the molecule is CCC1NC(=O)CCN(Cc2csc(=O)[nH]2)C1=O. The van der Waals surface area contributed by atoms with Gasteiger partial charge >= 0.3 is 4.87 Å². The number of carbonyl (C=O) groups excluding carboxylic acids is 2. The molecule has 1 atom stereocenters. The molecule has 0 aromatic carbocycles. The van der Waals surface area contributed by atoms with Crippen molar-refractivity contribution in [3.8, 4) is 0 Å². The minimum atomic E-state index is -0.453. The van der Waals surface area contributed by atoms with Crippen LogP contribution in [0.2, 0.25) is 0 Å². The number of H-pyrrole nitrogens is 1. The molecule has 0 aliphatic carbocycles. The monoisotopic (exact) mass is 269 g/mol. The van der Waals surface area contributed by atoms with Crippen molar-refractivity contribution >= 4 is 23.2 Å². The third kappa shape index (κ3) is 2.79. The Balaban J connectivity index is 2.13. The van der Waals surface area contributed by atoms with E-state index in [0.29, 0.717) is 31.6 Å². The van der Waals surface area contributed by atoms with E-state index in [4.69, 9.17) is 0 Å². The second-order valence-corrected chi connectivity index (χ2v) is 5.05. The number of carbonyl (C=O) groups is 2. The summed E-state index contributed by atoms with van der Waals surface area (Å²) in [7, 11) is 0. The summed E-state index contributed by atoms with van der Waals surface area (Å²) in [6, 6.07) is -0.453. The first kappa shape index (κ1) is 12.8. The first-order valence-electron chi connectivity index (χ1n) is 5.85. The Kier molecular flexibility index (Phi) is 3.81. The smallest absolute Gasteiger partial charge is 0.304 e. The van der Waals surface area contributed by atoms with Crippen molar-refractivity contribution < 1.29 is 9.59 Å². The molecule has 7 heteroatoms. The number of amides is 2. The molecule has 2 heterocycles. The van der Waals surface area contributed by atoms with Gasteiger partial charge in [-0.15, -0.1) is 0 Å². The molecule has 1 aromatic rings. The molecule has 0 bridgehead atoms. The molecule has 1 aliphatic heterocycles. The fourth-order valence-corrected chi connectivity index (χ4v) is 2.50. The van der Waals surface area contributed by atoms with Gasteiger partial charge in [-0.25, -0.2) is 0 Å². The number of nitrogens with one attached hydrogen (secondary N) is 2. The quantitative estimate of drug-likeness (QED) is 0.814. The molecule has 1 aromatic heterocycles. The average molecular weight is 269 g/mol. The Morgan fingerprint density at radius 2 is 2.22 bits per heavy atom. The Labute approximate surface area is 108 Å². The highest BCUT2D eigenvalue weighted by atomic mass is 32.1. The van der Waals surface area contributed by atoms with E-state index in [1.165, 1.54) is 0 Å². The van der Waals surface area contributed by atoms with Crippen LogP contribution < -0.4 is 10.2 Å². The van der Waals surface area contributed by atoms with Crippen LogP contribution in [-0.4, -0.2) is 34.3 Å². The van der Waals surface area contributed by atoms with Crippen LogP contribution in [0, 0.1) is 0 Å². The van der Waals surface area contributed by atoms with Gasteiger partial charge in [0.1, 0.15) is 6.04 Å². The number of hydrogen-bond acceptors (Lipinski definition) is 4. The molecular formula is C11H15N3O3S. The maximum absolute atomic E-state index is 12.2. The molecule has 1 unspecified atom stereocenters. The highest BCUT2D eigenvalue weighted by Crippen LogP contribution is 2.10. The van der Waals surface area contributed by atoms with Crippen LogP contribution in [0.3, 0.4) is 0 Å². The molecule has 2 rings (SSSR count). The van der Waals surface area contributed by atoms with Gasteiger partial charge in [-0.1, -0.05) is 18.3 Å². The molecule has 2 amide bonds. The Morgan fingerprint density at radius 1 is 1.44 bits per heavy atom. The molecule has 1 aliphatic rings. The predicted octanol–water partition coefficient (Wildman–Crippen LogP) is 0.0635. The van der Waals surface area contributed by atoms with Crippen LogP contribution in [0.1, 0.15) is 25.5 Å². The van der Waals surface area contributed by atoms with Gasteiger partial charge in [-0.3, -0.25) is 14.4 Å². The summed E-state index contributed by atoms with van der Waals surface area (Å²) >= 11 is 1.07. The number of aromatic nitrogens is 1. The normalized spacial score (nSPS) is 20.7. The number of rotatable bonds is 3. The van der Waals surface area contributed by atoms with Gasteiger partial charge in [0, 0.05) is 24.0 Å². The standard InChI is InChI=1S/C11H15N3O3S/c1-2-8-10(16)14(4-3-9(15)13-8)5-7-6-18-11(17)12-7/h6,8H,2-5H2,1H3,(H,12,17)(H,13,15). The van der Waals surface area contributed by atoms with Gasteiger partial charge in [-0.2, -0.15) is 0 Å². The van der Waals surface area contributed by atoms with Crippen molar-refractivity contribution in [3.05, 3.63) is 20.7 Å². The van der Waals surface area contributed by atoms with E-state index in [-0.39, 0.29) is 16.7 Å². The largest absolute Gasteiger partial charge is 0.344 e. The van der Waals surface area contributed by atoms with Crippen molar-refractivity contribution in [2.75, 3.05) is 6.54 Å². The molecule has 1 fully saturated rings. The van der Waals surface area contributed by atoms with Crippen molar-refractivity contribution in [3.63, 3.8) is 0 Å². The lowest BCUT2D eigenvalue weighted by Crippen LogP contribution is -2.44. The lowest BCUT2D eigenvalue weighted by Gasteiger charge is -2.22. The van der Waals surface area contributed by atoms with Crippen molar-refractivity contribution in [2.45, 2.75) is 32.4 Å². The summed E-state index contributed by atoms with van der Waals surface area (Å²) in [6.45, 7) is 2.60. The highest BCUT2D eigenvalue weighted by Gasteiger charge is 2.28. The first-order valence-corrected chi connectivity index (χ1v) is 6.73. The van der Waals surface area contributed by atoms with E-state index in [2.05, 4.69) is 10.3 Å². The second kappa shape index (κ2) is 5.34. The van der Waals surface area contributed by atoms with Crippen molar-refractivity contribution in [2.24, 2.45) is 0 Å². The molecule has 0 spiro atoms. The minimum absolute atomic E-state index is 0.0876.